The van der Waals surface area contributed by atoms with Crippen molar-refractivity contribution in [2.24, 2.45) is 0 Å². The number of hydrogen-bond acceptors (Lipinski definition) is 7. The first-order valence-corrected chi connectivity index (χ1v) is 12.7. The number of H-pyrrole nitrogens is 1. The topological polar surface area (TPSA) is 84.3 Å². The molecular formula is C26H32FN7O2. The molecule has 10 heteroatoms. The van der Waals surface area contributed by atoms with Crippen LogP contribution < -0.4 is 4.90 Å². The fourth-order valence-electron chi connectivity index (χ4n) is 5.37. The van der Waals surface area contributed by atoms with Gasteiger partial charge in [-0.25, -0.2) is 19.3 Å². The Morgan fingerprint density at radius 1 is 1.06 bits per heavy atom. The predicted octanol–water partition coefficient (Wildman–Crippen LogP) is 3.58. The number of nitrogens with one attached hydrogen (secondary N) is 1. The monoisotopic (exact) mass is 493 g/mol. The molecular weight excluding hydrogens is 461 g/mol. The number of hydrogen-bond donors (Lipinski definition) is 1. The minimum atomic E-state index is -0.340. The van der Waals surface area contributed by atoms with Crippen molar-refractivity contribution in [3.8, 4) is 11.4 Å². The van der Waals surface area contributed by atoms with Gasteiger partial charge in [-0.1, -0.05) is 0 Å². The zero-order valence-corrected chi connectivity index (χ0v) is 21.1. The Morgan fingerprint density at radius 2 is 1.89 bits per heavy atom. The van der Waals surface area contributed by atoms with Gasteiger partial charge in [0, 0.05) is 49.8 Å². The molecule has 0 bridgehead atoms. The van der Waals surface area contributed by atoms with Gasteiger partial charge in [-0.15, -0.1) is 0 Å². The van der Waals surface area contributed by atoms with E-state index < -0.39 is 0 Å². The number of aromatic amines is 1. The van der Waals surface area contributed by atoms with Crippen LogP contribution in [0.1, 0.15) is 26.6 Å². The summed E-state index contributed by atoms with van der Waals surface area (Å²) in [5, 5.41) is 0.764. The van der Waals surface area contributed by atoms with Crippen molar-refractivity contribution in [2.45, 2.75) is 39.5 Å². The summed E-state index contributed by atoms with van der Waals surface area (Å²) in [4.78, 5) is 22.7. The van der Waals surface area contributed by atoms with Gasteiger partial charge in [0.15, 0.2) is 22.8 Å². The Balaban J connectivity index is 1.52. The molecule has 190 valence electrons. The van der Waals surface area contributed by atoms with Crippen molar-refractivity contribution < 1.29 is 13.9 Å². The minimum Gasteiger partial charge on any atom is -0.378 e. The van der Waals surface area contributed by atoms with E-state index in [1.54, 1.807) is 6.07 Å². The molecule has 2 fully saturated rings. The Kier molecular flexibility index (Phi) is 5.89. The van der Waals surface area contributed by atoms with Crippen LogP contribution in [0.3, 0.4) is 0 Å². The Labute approximate surface area is 209 Å². The second kappa shape index (κ2) is 9.10. The number of ether oxygens (including phenoxy) is 2. The van der Waals surface area contributed by atoms with E-state index in [4.69, 9.17) is 24.4 Å². The van der Waals surface area contributed by atoms with Crippen LogP contribution in [0.15, 0.2) is 24.4 Å². The summed E-state index contributed by atoms with van der Waals surface area (Å²) in [5.41, 5.74) is 2.55. The lowest BCUT2D eigenvalue weighted by molar-refractivity contribution is -0.0889. The van der Waals surface area contributed by atoms with Gasteiger partial charge in [0.05, 0.1) is 37.5 Å². The predicted molar refractivity (Wildman–Crippen MR) is 137 cm³/mol. The number of anilines is 1. The van der Waals surface area contributed by atoms with Crippen LogP contribution in [-0.2, 0) is 22.6 Å². The van der Waals surface area contributed by atoms with Crippen molar-refractivity contribution in [2.75, 3.05) is 50.9 Å². The largest absolute Gasteiger partial charge is 0.378 e. The third-order valence-corrected chi connectivity index (χ3v) is 7.06. The molecule has 0 atom stereocenters. The number of aromatic nitrogens is 5. The summed E-state index contributed by atoms with van der Waals surface area (Å²) in [6.07, 6.45) is 1.81. The van der Waals surface area contributed by atoms with Gasteiger partial charge in [0.1, 0.15) is 11.6 Å². The van der Waals surface area contributed by atoms with Crippen LogP contribution in [0, 0.1) is 5.82 Å². The van der Waals surface area contributed by atoms with Crippen LogP contribution in [0.5, 0.6) is 0 Å². The van der Waals surface area contributed by atoms with Crippen LogP contribution in [0.2, 0.25) is 0 Å². The van der Waals surface area contributed by atoms with E-state index in [1.807, 2.05) is 12.3 Å². The van der Waals surface area contributed by atoms with Crippen LogP contribution in [0.4, 0.5) is 10.2 Å². The molecule has 6 rings (SSSR count). The third-order valence-electron chi connectivity index (χ3n) is 7.06. The summed E-state index contributed by atoms with van der Waals surface area (Å²) in [6.45, 7) is 12.7. The van der Waals surface area contributed by atoms with E-state index in [-0.39, 0.29) is 11.4 Å². The molecule has 3 aromatic heterocycles. The smallest absolute Gasteiger partial charge is 0.167 e. The van der Waals surface area contributed by atoms with Crippen molar-refractivity contribution >= 4 is 27.9 Å². The van der Waals surface area contributed by atoms with E-state index in [2.05, 4.69) is 40.1 Å². The van der Waals surface area contributed by atoms with Crippen molar-refractivity contribution in [3.63, 3.8) is 0 Å². The third kappa shape index (κ3) is 4.12. The van der Waals surface area contributed by atoms with Gasteiger partial charge < -0.3 is 23.9 Å². The first kappa shape index (κ1) is 23.3. The van der Waals surface area contributed by atoms with Gasteiger partial charge in [-0.05, 0) is 39.0 Å². The maximum atomic E-state index is 15.3. The highest BCUT2D eigenvalue weighted by Gasteiger charge is 2.30. The Hall–Kier alpha value is -3.08. The zero-order valence-electron chi connectivity index (χ0n) is 21.1. The molecule has 2 aliphatic heterocycles. The number of imidazole rings is 1. The number of aryl methyl sites for hydroxylation is 1. The van der Waals surface area contributed by atoms with Crippen molar-refractivity contribution in [1.82, 2.24) is 29.4 Å². The fourth-order valence-corrected chi connectivity index (χ4v) is 5.37. The molecule has 0 aliphatic carbocycles. The molecule has 1 aromatic carbocycles. The number of halogens is 1. The van der Waals surface area contributed by atoms with Gasteiger partial charge in [-0.3, -0.25) is 4.90 Å². The van der Waals surface area contributed by atoms with E-state index in [0.29, 0.717) is 57.4 Å². The normalized spacial score (nSPS) is 18.9. The molecule has 0 saturated carbocycles. The van der Waals surface area contributed by atoms with Crippen molar-refractivity contribution in [1.29, 1.82) is 0 Å². The summed E-state index contributed by atoms with van der Waals surface area (Å²) in [5.74, 6) is 1.71. The molecule has 0 amide bonds. The SMILES string of the molecule is CCn1c(CN2CCOC(C)(C)C2)nc2c(N3CCOCC3)nc(-c3c(F)ccc4[nH]ccc34)nc21. The van der Waals surface area contributed by atoms with E-state index in [0.717, 1.165) is 46.8 Å². The molecule has 0 radical (unpaired) electrons. The Morgan fingerprint density at radius 3 is 2.67 bits per heavy atom. The molecule has 5 heterocycles. The molecule has 1 N–H and O–H groups in total. The first-order chi connectivity index (χ1) is 17.4. The molecule has 36 heavy (non-hydrogen) atoms. The standard InChI is InChI=1S/C26H32FN7O2/c1-4-34-20(15-32-9-14-36-26(2,3)16-32)29-22-24(33-10-12-35-13-11-33)30-23(31-25(22)34)21-17-7-8-28-19(17)6-5-18(21)27/h5-8,28H,4,9-16H2,1-3H3. The molecule has 0 spiro atoms. The number of morpholine rings is 2. The van der Waals surface area contributed by atoms with E-state index in [1.165, 1.54) is 6.07 Å². The summed E-state index contributed by atoms with van der Waals surface area (Å²) < 4.78 is 28.9. The molecule has 0 unspecified atom stereocenters. The Bertz CT molecular complexity index is 1410. The van der Waals surface area contributed by atoms with Crippen LogP contribution >= 0.6 is 0 Å². The number of rotatable bonds is 5. The zero-order chi connectivity index (χ0) is 24.9. The first-order valence-electron chi connectivity index (χ1n) is 12.7. The lowest BCUT2D eigenvalue weighted by Crippen LogP contribution is -2.48. The summed E-state index contributed by atoms with van der Waals surface area (Å²) in [7, 11) is 0. The quantitative estimate of drug-likeness (QED) is 0.455. The molecule has 4 aromatic rings. The molecule has 9 nitrogen and oxygen atoms in total. The van der Waals surface area contributed by atoms with Crippen LogP contribution in [0.25, 0.3) is 33.5 Å². The average Bonchev–Trinajstić information content (AvgIpc) is 3.47. The lowest BCUT2D eigenvalue weighted by Gasteiger charge is -2.37. The number of nitrogens with zero attached hydrogens (tertiary/aromatic N) is 6. The van der Waals surface area contributed by atoms with Gasteiger partial charge in [-0.2, -0.15) is 0 Å². The number of benzene rings is 1. The maximum absolute atomic E-state index is 15.3. The second-order valence-electron chi connectivity index (χ2n) is 10.1. The maximum Gasteiger partial charge on any atom is 0.167 e. The highest BCUT2D eigenvalue weighted by molar-refractivity contribution is 5.95. The average molecular weight is 494 g/mol. The molecule has 2 saturated heterocycles. The van der Waals surface area contributed by atoms with Crippen LogP contribution in [-0.4, -0.2) is 81.0 Å². The molecule has 2 aliphatic rings. The van der Waals surface area contributed by atoms with E-state index >= 15 is 4.39 Å². The highest BCUT2D eigenvalue weighted by Crippen LogP contribution is 2.34. The minimum absolute atomic E-state index is 0.194. The summed E-state index contributed by atoms with van der Waals surface area (Å²) >= 11 is 0. The number of fused-ring (bicyclic) bond motifs is 2. The van der Waals surface area contributed by atoms with Gasteiger partial charge in [0.2, 0.25) is 0 Å². The van der Waals surface area contributed by atoms with Gasteiger partial charge in [0.25, 0.3) is 0 Å². The lowest BCUT2D eigenvalue weighted by atomic mass is 10.1. The second-order valence-corrected chi connectivity index (χ2v) is 10.1. The fraction of sp³-hybridized carbons (Fsp3) is 0.500. The van der Waals surface area contributed by atoms with Crippen molar-refractivity contribution in [3.05, 3.63) is 36.0 Å². The summed E-state index contributed by atoms with van der Waals surface area (Å²) in [6, 6.07) is 5.09. The van der Waals surface area contributed by atoms with Gasteiger partial charge >= 0.3 is 0 Å². The highest BCUT2D eigenvalue weighted by atomic mass is 19.1. The van der Waals surface area contributed by atoms with E-state index in [9.17, 15) is 0 Å².